The molecule has 13 heavy (non-hydrogen) atoms. The molecular formula is C12H18O. The van der Waals surface area contributed by atoms with Gasteiger partial charge in [-0.25, -0.2) is 0 Å². The summed E-state index contributed by atoms with van der Waals surface area (Å²) in [7, 11) is 0. The molecule has 72 valence electrons. The molecule has 0 saturated heterocycles. The predicted octanol–water partition coefficient (Wildman–Crippen LogP) is 2.36. The quantitative estimate of drug-likeness (QED) is 0.611. The van der Waals surface area contributed by atoms with Crippen molar-refractivity contribution in [1.82, 2.24) is 0 Å². The molecule has 4 rings (SSSR count). The molecule has 0 heterocycles. The van der Waals surface area contributed by atoms with E-state index in [9.17, 15) is 5.11 Å². The van der Waals surface area contributed by atoms with E-state index >= 15 is 0 Å². The molecule has 1 N–H and O–H groups in total. The Balaban J connectivity index is 1.97. The summed E-state index contributed by atoms with van der Waals surface area (Å²) in [6.45, 7) is 3.81. The summed E-state index contributed by atoms with van der Waals surface area (Å²) in [5.41, 5.74) is -0.496. The van der Waals surface area contributed by atoms with E-state index < -0.39 is 5.60 Å². The van der Waals surface area contributed by atoms with E-state index in [-0.39, 0.29) is 0 Å². The van der Waals surface area contributed by atoms with Gasteiger partial charge in [-0.15, -0.1) is 6.58 Å². The zero-order valence-corrected chi connectivity index (χ0v) is 8.08. The number of fused-ring (bicyclic) bond motifs is 1. The maximum atomic E-state index is 10.4. The lowest BCUT2D eigenvalue weighted by Gasteiger charge is -2.43. The molecule has 4 fully saturated rings. The van der Waals surface area contributed by atoms with Crippen LogP contribution in [-0.2, 0) is 0 Å². The summed E-state index contributed by atoms with van der Waals surface area (Å²) in [5.74, 6) is 3.13. The number of hydrogen-bond acceptors (Lipinski definition) is 1. The van der Waals surface area contributed by atoms with Crippen LogP contribution in [0, 0.1) is 23.7 Å². The summed E-state index contributed by atoms with van der Waals surface area (Å²) in [6, 6.07) is 0. The highest BCUT2D eigenvalue weighted by Gasteiger charge is 2.56. The van der Waals surface area contributed by atoms with Crippen molar-refractivity contribution in [3.8, 4) is 0 Å². The van der Waals surface area contributed by atoms with Gasteiger partial charge in [0.05, 0.1) is 5.60 Å². The third-order valence-corrected chi connectivity index (χ3v) is 4.84. The van der Waals surface area contributed by atoms with Crippen molar-refractivity contribution in [3.05, 3.63) is 12.7 Å². The highest BCUT2D eigenvalue weighted by Crippen LogP contribution is 2.60. The van der Waals surface area contributed by atoms with E-state index in [1.54, 1.807) is 0 Å². The SMILES string of the molecule is C=C[C@@]1(O)C[C@H]2C[C@H]3CC[C@H]2[C@H]1C3. The van der Waals surface area contributed by atoms with Crippen molar-refractivity contribution in [2.75, 3.05) is 0 Å². The Labute approximate surface area is 79.8 Å². The average molecular weight is 178 g/mol. The maximum absolute atomic E-state index is 10.4. The average Bonchev–Trinajstić information content (AvgIpc) is 2.37. The van der Waals surface area contributed by atoms with Crippen molar-refractivity contribution < 1.29 is 5.11 Å². The molecule has 1 nitrogen and oxygen atoms in total. The normalized spacial score (nSPS) is 58.2. The Bertz CT molecular complexity index is 248. The zero-order valence-electron chi connectivity index (χ0n) is 8.08. The fourth-order valence-electron chi connectivity index (χ4n) is 4.28. The van der Waals surface area contributed by atoms with E-state index in [1.165, 1.54) is 25.7 Å². The topological polar surface area (TPSA) is 20.2 Å². The minimum Gasteiger partial charge on any atom is -0.385 e. The highest BCUT2D eigenvalue weighted by atomic mass is 16.3. The van der Waals surface area contributed by atoms with Crippen LogP contribution in [0.15, 0.2) is 12.7 Å². The first-order valence-corrected chi connectivity index (χ1v) is 5.59. The van der Waals surface area contributed by atoms with Crippen molar-refractivity contribution >= 4 is 0 Å². The number of hydrogen-bond donors (Lipinski definition) is 1. The van der Waals surface area contributed by atoms with Crippen LogP contribution in [0.25, 0.3) is 0 Å². The van der Waals surface area contributed by atoms with Crippen LogP contribution < -0.4 is 0 Å². The van der Waals surface area contributed by atoms with Gasteiger partial charge in [0, 0.05) is 0 Å². The Kier molecular flexibility index (Phi) is 1.48. The molecule has 4 saturated carbocycles. The van der Waals surface area contributed by atoms with Gasteiger partial charge in [-0.05, 0) is 49.4 Å². The molecule has 4 bridgehead atoms. The van der Waals surface area contributed by atoms with E-state index in [0.29, 0.717) is 5.92 Å². The number of rotatable bonds is 1. The lowest BCUT2D eigenvalue weighted by Crippen LogP contribution is -2.39. The lowest BCUT2D eigenvalue weighted by molar-refractivity contribution is 0.00245. The fourth-order valence-corrected chi connectivity index (χ4v) is 4.28. The molecule has 0 spiro atoms. The van der Waals surface area contributed by atoms with Crippen LogP contribution in [0.4, 0.5) is 0 Å². The van der Waals surface area contributed by atoms with Gasteiger partial charge in [-0.1, -0.05) is 12.5 Å². The Morgan fingerprint density at radius 3 is 2.77 bits per heavy atom. The van der Waals surface area contributed by atoms with Gasteiger partial charge in [-0.2, -0.15) is 0 Å². The Hall–Kier alpha value is -0.300. The van der Waals surface area contributed by atoms with Crippen LogP contribution in [-0.4, -0.2) is 10.7 Å². The molecule has 0 amide bonds. The van der Waals surface area contributed by atoms with Crippen LogP contribution in [0.3, 0.4) is 0 Å². The van der Waals surface area contributed by atoms with Gasteiger partial charge >= 0.3 is 0 Å². The van der Waals surface area contributed by atoms with Gasteiger partial charge in [0.25, 0.3) is 0 Å². The van der Waals surface area contributed by atoms with Crippen LogP contribution >= 0.6 is 0 Å². The number of aliphatic hydroxyl groups is 1. The second-order valence-corrected chi connectivity index (χ2v) is 5.34. The molecule has 0 aliphatic heterocycles. The minimum absolute atomic E-state index is 0.496. The van der Waals surface area contributed by atoms with Crippen LogP contribution in [0.2, 0.25) is 0 Å². The lowest BCUT2D eigenvalue weighted by atomic mass is 9.63. The molecule has 0 radical (unpaired) electrons. The summed E-state index contributed by atoms with van der Waals surface area (Å²) in [5, 5.41) is 10.4. The summed E-state index contributed by atoms with van der Waals surface area (Å²) < 4.78 is 0. The largest absolute Gasteiger partial charge is 0.385 e. The third kappa shape index (κ3) is 0.914. The molecule has 0 aromatic rings. The molecular weight excluding hydrogens is 160 g/mol. The predicted molar refractivity (Wildman–Crippen MR) is 52.2 cm³/mol. The minimum atomic E-state index is -0.496. The van der Waals surface area contributed by atoms with Gasteiger partial charge < -0.3 is 5.11 Å². The first-order valence-electron chi connectivity index (χ1n) is 5.59. The Morgan fingerprint density at radius 1 is 1.31 bits per heavy atom. The van der Waals surface area contributed by atoms with E-state index in [0.717, 1.165) is 24.2 Å². The second kappa shape index (κ2) is 2.38. The fraction of sp³-hybridized carbons (Fsp3) is 0.833. The smallest absolute Gasteiger partial charge is 0.0858 e. The van der Waals surface area contributed by atoms with E-state index in [1.807, 2.05) is 6.08 Å². The summed E-state index contributed by atoms with van der Waals surface area (Å²) in [4.78, 5) is 0. The second-order valence-electron chi connectivity index (χ2n) is 5.34. The van der Waals surface area contributed by atoms with Crippen molar-refractivity contribution in [3.63, 3.8) is 0 Å². The molecule has 1 heteroatoms. The monoisotopic (exact) mass is 178 g/mol. The zero-order chi connectivity index (χ0) is 9.05. The standard InChI is InChI=1S/C12H18O/c1-2-12(13)7-9-5-8-3-4-10(9)11(12)6-8/h2,8-11,13H,1,3-7H2/t8-,9-,10-,11-,12-/m1/s1. The van der Waals surface area contributed by atoms with Gasteiger partial charge in [0.15, 0.2) is 0 Å². The van der Waals surface area contributed by atoms with Crippen LogP contribution in [0.5, 0.6) is 0 Å². The van der Waals surface area contributed by atoms with Crippen molar-refractivity contribution in [1.29, 1.82) is 0 Å². The first kappa shape index (κ1) is 8.05. The molecule has 5 atom stereocenters. The third-order valence-electron chi connectivity index (χ3n) is 4.84. The molecule has 0 aromatic heterocycles. The molecule has 4 aliphatic rings. The summed E-state index contributed by atoms with van der Waals surface area (Å²) >= 11 is 0. The molecule has 0 aromatic carbocycles. The molecule has 0 unspecified atom stereocenters. The Morgan fingerprint density at radius 2 is 2.15 bits per heavy atom. The summed E-state index contributed by atoms with van der Waals surface area (Å²) in [6.07, 6.45) is 8.27. The van der Waals surface area contributed by atoms with Gasteiger partial charge in [-0.3, -0.25) is 0 Å². The van der Waals surface area contributed by atoms with E-state index in [2.05, 4.69) is 6.58 Å². The highest BCUT2D eigenvalue weighted by molar-refractivity contribution is 5.14. The van der Waals surface area contributed by atoms with E-state index in [4.69, 9.17) is 0 Å². The first-order chi connectivity index (χ1) is 6.23. The maximum Gasteiger partial charge on any atom is 0.0858 e. The van der Waals surface area contributed by atoms with Gasteiger partial charge in [0.1, 0.15) is 0 Å². The van der Waals surface area contributed by atoms with Crippen LogP contribution in [0.1, 0.15) is 32.1 Å². The molecule has 4 aliphatic carbocycles. The van der Waals surface area contributed by atoms with Crippen molar-refractivity contribution in [2.24, 2.45) is 23.7 Å². The van der Waals surface area contributed by atoms with Gasteiger partial charge in [0.2, 0.25) is 0 Å². The van der Waals surface area contributed by atoms with Crippen molar-refractivity contribution in [2.45, 2.75) is 37.7 Å².